The molecule has 0 unspecified atom stereocenters. The zero-order valence-electron chi connectivity index (χ0n) is 13.4. The maximum absolute atomic E-state index is 13.9. The minimum atomic E-state index is -4.00. The van der Waals surface area contributed by atoms with Crippen LogP contribution in [0.15, 0.2) is 23.1 Å². The van der Waals surface area contributed by atoms with Crippen molar-refractivity contribution in [3.8, 4) is 0 Å². The number of carboxylic acids is 1. The van der Waals surface area contributed by atoms with Crippen molar-refractivity contribution in [2.75, 3.05) is 11.0 Å². The first-order valence-corrected chi connectivity index (χ1v) is 10.9. The van der Waals surface area contributed by atoms with Gasteiger partial charge in [0, 0.05) is 6.04 Å². The number of aliphatic carboxylic acids is 1. The molecule has 0 aliphatic heterocycles. The third-order valence-corrected chi connectivity index (χ3v) is 6.05. The number of carboxylic acid groups (broad SMARTS) is 1. The van der Waals surface area contributed by atoms with Crippen molar-refractivity contribution in [3.63, 3.8) is 0 Å². The van der Waals surface area contributed by atoms with E-state index in [0.717, 1.165) is 24.5 Å². The fraction of sp³-hybridized carbons (Fsp3) is 0.500. The smallest absolute Gasteiger partial charge is 0.306 e. The fourth-order valence-electron chi connectivity index (χ4n) is 2.69. The van der Waals surface area contributed by atoms with E-state index in [-0.39, 0.29) is 10.6 Å². The Bertz CT molecular complexity index is 861. The Morgan fingerprint density at radius 2 is 1.76 bits per heavy atom. The summed E-state index contributed by atoms with van der Waals surface area (Å²) in [5.41, 5.74) is -0.344. The molecule has 1 aliphatic rings. The first-order valence-electron chi connectivity index (χ1n) is 7.50. The molecule has 2 rings (SSSR count). The van der Waals surface area contributed by atoms with Crippen LogP contribution in [0.4, 0.5) is 10.1 Å². The highest BCUT2D eigenvalue weighted by Gasteiger charge is 2.29. The zero-order valence-corrected chi connectivity index (χ0v) is 15.0. The SMILES string of the molecule is CS(=O)(=O)Nc1ccc(S(=O)(=O)NC2CCC(C(=O)O)CC2)cc1F. The Kier molecular flexibility index (Phi) is 5.69. The van der Waals surface area contributed by atoms with Gasteiger partial charge in [-0.25, -0.2) is 25.9 Å². The summed E-state index contributed by atoms with van der Waals surface area (Å²) in [7, 11) is -7.68. The van der Waals surface area contributed by atoms with Crippen LogP contribution < -0.4 is 9.44 Å². The molecule has 0 atom stereocenters. The van der Waals surface area contributed by atoms with E-state index in [0.29, 0.717) is 25.7 Å². The van der Waals surface area contributed by atoms with Gasteiger partial charge in [0.25, 0.3) is 0 Å². The van der Waals surface area contributed by atoms with Crippen molar-refractivity contribution in [2.45, 2.75) is 36.6 Å². The number of sulfonamides is 2. The second-order valence-electron chi connectivity index (χ2n) is 6.02. The van der Waals surface area contributed by atoms with Crippen molar-refractivity contribution < 1.29 is 31.1 Å². The second kappa shape index (κ2) is 7.26. The topological polar surface area (TPSA) is 130 Å². The molecular formula is C14H19FN2O6S2. The van der Waals surface area contributed by atoms with Crippen LogP contribution in [-0.4, -0.2) is 40.2 Å². The van der Waals surface area contributed by atoms with E-state index in [1.807, 2.05) is 4.72 Å². The molecule has 1 aromatic rings. The molecule has 0 radical (unpaired) electrons. The van der Waals surface area contributed by atoms with Crippen LogP contribution in [0.1, 0.15) is 25.7 Å². The van der Waals surface area contributed by atoms with E-state index in [1.165, 1.54) is 0 Å². The lowest BCUT2D eigenvalue weighted by atomic mass is 9.87. The van der Waals surface area contributed by atoms with Gasteiger partial charge in [-0.1, -0.05) is 0 Å². The summed E-state index contributed by atoms with van der Waals surface area (Å²) in [5, 5.41) is 8.94. The average Bonchev–Trinajstić information content (AvgIpc) is 2.48. The van der Waals surface area contributed by atoms with E-state index in [9.17, 15) is 26.0 Å². The highest BCUT2D eigenvalue weighted by molar-refractivity contribution is 7.92. The number of carbonyl (C=O) groups is 1. The van der Waals surface area contributed by atoms with E-state index in [2.05, 4.69) is 4.72 Å². The molecule has 140 valence electrons. The van der Waals surface area contributed by atoms with Crippen molar-refractivity contribution in [3.05, 3.63) is 24.0 Å². The fourth-order valence-corrected chi connectivity index (χ4v) is 4.57. The summed E-state index contributed by atoms with van der Waals surface area (Å²) in [5.74, 6) is -2.38. The molecule has 11 heteroatoms. The minimum absolute atomic E-state index is 0.329. The van der Waals surface area contributed by atoms with E-state index >= 15 is 0 Å². The molecule has 25 heavy (non-hydrogen) atoms. The molecule has 3 N–H and O–H groups in total. The molecule has 1 fully saturated rings. The maximum Gasteiger partial charge on any atom is 0.306 e. The van der Waals surface area contributed by atoms with E-state index in [4.69, 9.17) is 5.11 Å². The van der Waals surface area contributed by atoms with Gasteiger partial charge in [-0.2, -0.15) is 0 Å². The Hall–Kier alpha value is -1.72. The first kappa shape index (κ1) is 19.6. The van der Waals surface area contributed by atoms with Gasteiger partial charge >= 0.3 is 5.97 Å². The quantitative estimate of drug-likeness (QED) is 0.663. The summed E-state index contributed by atoms with van der Waals surface area (Å²) in [6.45, 7) is 0. The molecule has 1 aliphatic carbocycles. The lowest BCUT2D eigenvalue weighted by molar-refractivity contribution is -0.142. The molecule has 0 bridgehead atoms. The van der Waals surface area contributed by atoms with Crippen LogP contribution in [0, 0.1) is 11.7 Å². The average molecular weight is 394 g/mol. The normalized spacial score (nSPS) is 21.7. The largest absolute Gasteiger partial charge is 0.481 e. The predicted molar refractivity (Wildman–Crippen MR) is 88.6 cm³/mol. The van der Waals surface area contributed by atoms with Gasteiger partial charge in [-0.3, -0.25) is 9.52 Å². The Balaban J connectivity index is 2.10. The number of rotatable bonds is 6. The number of hydrogen-bond donors (Lipinski definition) is 3. The highest BCUT2D eigenvalue weighted by Crippen LogP contribution is 2.26. The van der Waals surface area contributed by atoms with Gasteiger partial charge in [-0.05, 0) is 43.9 Å². The lowest BCUT2D eigenvalue weighted by Gasteiger charge is -2.26. The second-order valence-corrected chi connectivity index (χ2v) is 9.49. The molecule has 0 heterocycles. The van der Waals surface area contributed by atoms with Gasteiger partial charge in [0.05, 0.1) is 22.8 Å². The Morgan fingerprint density at radius 1 is 1.16 bits per heavy atom. The number of benzene rings is 1. The lowest BCUT2D eigenvalue weighted by Crippen LogP contribution is -2.38. The van der Waals surface area contributed by atoms with E-state index in [1.54, 1.807) is 0 Å². The van der Waals surface area contributed by atoms with Gasteiger partial charge in [0.15, 0.2) is 0 Å². The third kappa shape index (κ3) is 5.38. The van der Waals surface area contributed by atoms with Crippen molar-refractivity contribution in [1.82, 2.24) is 4.72 Å². The molecule has 0 aromatic heterocycles. The first-order chi connectivity index (χ1) is 11.5. The van der Waals surface area contributed by atoms with Crippen LogP contribution in [0.2, 0.25) is 0 Å². The molecule has 0 saturated heterocycles. The highest BCUT2D eigenvalue weighted by atomic mass is 32.2. The summed E-state index contributed by atoms with van der Waals surface area (Å²) >= 11 is 0. The van der Waals surface area contributed by atoms with Crippen LogP contribution in [0.25, 0.3) is 0 Å². The van der Waals surface area contributed by atoms with Gasteiger partial charge < -0.3 is 5.11 Å². The van der Waals surface area contributed by atoms with Gasteiger partial charge in [0.2, 0.25) is 20.0 Å². The van der Waals surface area contributed by atoms with E-state index < -0.39 is 43.8 Å². The number of hydrogen-bond acceptors (Lipinski definition) is 5. The molecular weight excluding hydrogens is 375 g/mol. The summed E-state index contributed by atoms with van der Waals surface area (Å²) in [6.07, 6.45) is 2.35. The summed E-state index contributed by atoms with van der Waals surface area (Å²) < 4.78 is 65.2. The van der Waals surface area contributed by atoms with Gasteiger partial charge in [0.1, 0.15) is 5.82 Å². The molecule has 1 aromatic carbocycles. The predicted octanol–water partition coefficient (Wildman–Crippen LogP) is 1.12. The number of nitrogens with one attached hydrogen (secondary N) is 2. The van der Waals surface area contributed by atoms with Gasteiger partial charge in [-0.15, -0.1) is 0 Å². The minimum Gasteiger partial charge on any atom is -0.481 e. The van der Waals surface area contributed by atoms with Crippen LogP contribution >= 0.6 is 0 Å². The van der Waals surface area contributed by atoms with Crippen molar-refractivity contribution >= 4 is 31.7 Å². The van der Waals surface area contributed by atoms with Crippen LogP contribution in [0.5, 0.6) is 0 Å². The third-order valence-electron chi connectivity index (χ3n) is 3.94. The van der Waals surface area contributed by atoms with Crippen LogP contribution in [0.3, 0.4) is 0 Å². The molecule has 0 amide bonds. The maximum atomic E-state index is 13.9. The van der Waals surface area contributed by atoms with Crippen molar-refractivity contribution in [1.29, 1.82) is 0 Å². The zero-order chi connectivity index (χ0) is 18.8. The standard InChI is InChI=1S/C14H19FN2O6S2/c1-24(20,21)17-13-7-6-11(8-12(13)15)25(22,23)16-10-4-2-9(3-5-10)14(18)19/h6-10,16-17H,2-5H2,1H3,(H,18,19). The van der Waals surface area contributed by atoms with Crippen molar-refractivity contribution in [2.24, 2.45) is 5.92 Å². The monoisotopic (exact) mass is 394 g/mol. The molecule has 0 spiro atoms. The Labute approximate surface area is 145 Å². The molecule has 1 saturated carbocycles. The number of anilines is 1. The van der Waals surface area contributed by atoms with Crippen LogP contribution in [-0.2, 0) is 24.8 Å². The Morgan fingerprint density at radius 3 is 2.24 bits per heavy atom. The number of halogens is 1. The summed E-state index contributed by atoms with van der Waals surface area (Å²) in [4.78, 5) is 10.6. The molecule has 8 nitrogen and oxygen atoms in total. The summed E-state index contributed by atoms with van der Waals surface area (Å²) in [6, 6.07) is 2.45.